The van der Waals surface area contributed by atoms with Crippen LogP contribution in [0.2, 0.25) is 0 Å². The highest BCUT2D eigenvalue weighted by Crippen LogP contribution is 2.23. The van der Waals surface area contributed by atoms with Gasteiger partial charge >= 0.3 is 6.03 Å². The maximum Gasteiger partial charge on any atom is 0.321 e. The Hall–Kier alpha value is -2.63. The zero-order valence-electron chi connectivity index (χ0n) is 13.1. The Balaban J connectivity index is 1.72. The fraction of sp³-hybridized carbons (Fsp3) is 0.353. The number of urea groups is 1. The number of anilines is 1. The smallest absolute Gasteiger partial charge is 0.321 e. The lowest BCUT2D eigenvalue weighted by Gasteiger charge is -2.33. The molecule has 1 unspecified atom stereocenters. The van der Waals surface area contributed by atoms with E-state index in [0.29, 0.717) is 13.1 Å². The number of carbonyl (C=O) groups excluding carboxylic acids is 2. The molecule has 1 aliphatic rings. The fourth-order valence-corrected chi connectivity index (χ4v) is 2.99. The summed E-state index contributed by atoms with van der Waals surface area (Å²) in [6, 6.07) is 7.53. The van der Waals surface area contributed by atoms with E-state index in [0.717, 1.165) is 29.3 Å². The number of nitrogens with zero attached hydrogens (tertiary/aromatic N) is 2. The van der Waals surface area contributed by atoms with E-state index in [1.807, 2.05) is 24.3 Å². The van der Waals surface area contributed by atoms with Crippen LogP contribution in [0.3, 0.4) is 0 Å². The molecule has 1 atom stereocenters. The third kappa shape index (κ3) is 3.59. The van der Waals surface area contributed by atoms with Crippen LogP contribution in [0, 0.1) is 0 Å². The molecule has 3 rings (SSSR count). The molecule has 1 fully saturated rings. The van der Waals surface area contributed by atoms with Gasteiger partial charge in [0.2, 0.25) is 5.91 Å². The van der Waals surface area contributed by atoms with Crippen LogP contribution >= 0.6 is 0 Å². The summed E-state index contributed by atoms with van der Waals surface area (Å²) in [6.45, 7) is 2.75. The molecule has 0 aliphatic carbocycles. The molecule has 0 radical (unpaired) electrons. The van der Waals surface area contributed by atoms with Crippen LogP contribution in [0.5, 0.6) is 0 Å². The minimum atomic E-state index is -0.135. The first-order chi connectivity index (χ1) is 11.1. The average Bonchev–Trinajstić information content (AvgIpc) is 2.55. The Kier molecular flexibility index (Phi) is 4.41. The van der Waals surface area contributed by atoms with Gasteiger partial charge in [0, 0.05) is 49.2 Å². The van der Waals surface area contributed by atoms with E-state index < -0.39 is 0 Å². The van der Waals surface area contributed by atoms with E-state index in [1.165, 1.54) is 6.92 Å². The second kappa shape index (κ2) is 6.64. The van der Waals surface area contributed by atoms with Gasteiger partial charge in [-0.2, -0.15) is 0 Å². The number of piperidine rings is 1. The highest BCUT2D eigenvalue weighted by Gasteiger charge is 2.24. The number of benzene rings is 1. The third-order valence-electron chi connectivity index (χ3n) is 4.04. The molecule has 1 aromatic carbocycles. The Labute approximate surface area is 134 Å². The van der Waals surface area contributed by atoms with Crippen molar-refractivity contribution in [3.63, 3.8) is 0 Å². The maximum atomic E-state index is 12.5. The highest BCUT2D eigenvalue weighted by atomic mass is 16.2. The molecule has 2 aromatic rings. The van der Waals surface area contributed by atoms with Crippen LogP contribution < -0.4 is 10.6 Å². The van der Waals surface area contributed by atoms with Gasteiger partial charge in [0.25, 0.3) is 0 Å². The molecular formula is C17H20N4O2. The van der Waals surface area contributed by atoms with Crippen LogP contribution in [-0.2, 0) is 4.79 Å². The second-order valence-corrected chi connectivity index (χ2v) is 5.82. The minimum Gasteiger partial charge on any atom is -0.352 e. The van der Waals surface area contributed by atoms with Gasteiger partial charge in [0.05, 0.1) is 5.69 Å². The summed E-state index contributed by atoms with van der Waals surface area (Å²) in [6.07, 6.45) is 5.28. The third-order valence-corrected chi connectivity index (χ3v) is 4.04. The monoisotopic (exact) mass is 312 g/mol. The molecule has 6 heteroatoms. The number of hydrogen-bond acceptors (Lipinski definition) is 3. The molecule has 0 bridgehead atoms. The lowest BCUT2D eigenvalue weighted by Crippen LogP contribution is -2.50. The number of likely N-dealkylation sites (tertiary alicyclic amines) is 1. The van der Waals surface area contributed by atoms with Crippen LogP contribution in [0.1, 0.15) is 19.8 Å². The first-order valence-electron chi connectivity index (χ1n) is 7.79. The number of aromatic nitrogens is 1. The normalized spacial score (nSPS) is 17.8. The largest absolute Gasteiger partial charge is 0.352 e. The molecule has 1 aliphatic heterocycles. The van der Waals surface area contributed by atoms with Gasteiger partial charge < -0.3 is 15.5 Å². The predicted molar refractivity (Wildman–Crippen MR) is 89.2 cm³/mol. The van der Waals surface area contributed by atoms with Gasteiger partial charge in [-0.05, 0) is 25.0 Å². The van der Waals surface area contributed by atoms with Crippen LogP contribution in [-0.4, -0.2) is 41.0 Å². The van der Waals surface area contributed by atoms with Crippen molar-refractivity contribution >= 4 is 28.4 Å². The highest BCUT2D eigenvalue weighted by molar-refractivity contribution is 6.01. The van der Waals surface area contributed by atoms with Gasteiger partial charge in [-0.3, -0.25) is 9.78 Å². The van der Waals surface area contributed by atoms with Crippen molar-refractivity contribution in [3.8, 4) is 0 Å². The zero-order valence-corrected chi connectivity index (χ0v) is 13.1. The van der Waals surface area contributed by atoms with Crippen LogP contribution in [0.25, 0.3) is 10.8 Å². The van der Waals surface area contributed by atoms with E-state index in [9.17, 15) is 9.59 Å². The number of fused-ring (bicyclic) bond motifs is 1. The molecule has 6 nitrogen and oxygen atoms in total. The molecule has 1 saturated heterocycles. The van der Waals surface area contributed by atoms with Gasteiger partial charge in [0.15, 0.2) is 0 Å². The SMILES string of the molecule is CC(=O)NC1CCCN(C(=O)Nc2cccc3cnccc23)C1. The molecule has 1 aromatic heterocycles. The quantitative estimate of drug-likeness (QED) is 0.894. The average molecular weight is 312 g/mol. The lowest BCUT2D eigenvalue weighted by atomic mass is 10.1. The number of nitrogens with one attached hydrogen (secondary N) is 2. The van der Waals surface area contributed by atoms with Crippen molar-refractivity contribution in [1.82, 2.24) is 15.2 Å². The van der Waals surface area contributed by atoms with E-state index in [-0.39, 0.29) is 18.0 Å². The van der Waals surface area contributed by atoms with Crippen LogP contribution in [0.4, 0.5) is 10.5 Å². The van der Waals surface area contributed by atoms with Crippen molar-refractivity contribution in [1.29, 1.82) is 0 Å². The molecule has 2 heterocycles. The van der Waals surface area contributed by atoms with E-state index >= 15 is 0 Å². The number of rotatable bonds is 2. The van der Waals surface area contributed by atoms with Crippen molar-refractivity contribution in [3.05, 3.63) is 36.7 Å². The summed E-state index contributed by atoms with van der Waals surface area (Å²) in [5.41, 5.74) is 0.775. The summed E-state index contributed by atoms with van der Waals surface area (Å²) >= 11 is 0. The fourth-order valence-electron chi connectivity index (χ4n) is 2.99. The van der Waals surface area contributed by atoms with Gasteiger partial charge in [-0.25, -0.2) is 4.79 Å². The van der Waals surface area contributed by atoms with Crippen molar-refractivity contribution in [2.75, 3.05) is 18.4 Å². The standard InChI is InChI=1S/C17H20N4O2/c1-12(22)19-14-5-3-9-21(11-14)17(23)20-16-6-2-4-13-10-18-8-7-15(13)16/h2,4,6-8,10,14H,3,5,9,11H2,1H3,(H,19,22)(H,20,23). The van der Waals surface area contributed by atoms with Crippen molar-refractivity contribution in [2.45, 2.75) is 25.8 Å². The van der Waals surface area contributed by atoms with Crippen molar-refractivity contribution < 1.29 is 9.59 Å². The summed E-state index contributed by atoms with van der Waals surface area (Å²) in [5.74, 6) is -0.0567. The summed E-state index contributed by atoms with van der Waals surface area (Å²) in [4.78, 5) is 29.6. The summed E-state index contributed by atoms with van der Waals surface area (Å²) < 4.78 is 0. The number of amides is 3. The van der Waals surface area contributed by atoms with E-state index in [4.69, 9.17) is 0 Å². The van der Waals surface area contributed by atoms with Crippen LogP contribution in [0.15, 0.2) is 36.7 Å². The minimum absolute atomic E-state index is 0.0312. The molecule has 0 spiro atoms. The summed E-state index contributed by atoms with van der Waals surface area (Å²) in [7, 11) is 0. The Morgan fingerprint density at radius 3 is 3.00 bits per heavy atom. The predicted octanol–water partition coefficient (Wildman–Crippen LogP) is 2.37. The molecule has 2 N–H and O–H groups in total. The first kappa shape index (κ1) is 15.3. The lowest BCUT2D eigenvalue weighted by molar-refractivity contribution is -0.119. The number of carbonyl (C=O) groups is 2. The second-order valence-electron chi connectivity index (χ2n) is 5.82. The molecule has 0 saturated carbocycles. The van der Waals surface area contributed by atoms with E-state index in [2.05, 4.69) is 15.6 Å². The Bertz CT molecular complexity index is 726. The molecule has 23 heavy (non-hydrogen) atoms. The Morgan fingerprint density at radius 1 is 1.30 bits per heavy atom. The molecule has 3 amide bonds. The molecular weight excluding hydrogens is 292 g/mol. The summed E-state index contributed by atoms with van der Waals surface area (Å²) in [5, 5.41) is 7.82. The zero-order chi connectivity index (χ0) is 16.2. The van der Waals surface area contributed by atoms with Gasteiger partial charge in [-0.1, -0.05) is 12.1 Å². The van der Waals surface area contributed by atoms with Crippen molar-refractivity contribution in [2.24, 2.45) is 0 Å². The van der Waals surface area contributed by atoms with Gasteiger partial charge in [0.1, 0.15) is 0 Å². The van der Waals surface area contributed by atoms with E-state index in [1.54, 1.807) is 17.3 Å². The first-order valence-corrected chi connectivity index (χ1v) is 7.79. The topological polar surface area (TPSA) is 74.3 Å². The maximum absolute atomic E-state index is 12.5. The number of pyridine rings is 1. The Morgan fingerprint density at radius 2 is 2.17 bits per heavy atom. The van der Waals surface area contributed by atoms with Gasteiger partial charge in [-0.15, -0.1) is 0 Å². The number of hydrogen-bond donors (Lipinski definition) is 2. The molecule has 120 valence electrons.